The summed E-state index contributed by atoms with van der Waals surface area (Å²) >= 11 is 0. The summed E-state index contributed by atoms with van der Waals surface area (Å²) in [5.74, 6) is 0.169. The molecule has 1 aliphatic carbocycles. The topological polar surface area (TPSA) is 46.2 Å². The van der Waals surface area contributed by atoms with E-state index >= 15 is 0 Å². The number of rotatable bonds is 5. The fourth-order valence-electron chi connectivity index (χ4n) is 3.34. The Hall–Kier alpha value is -0.870. The fourth-order valence-corrected chi connectivity index (χ4v) is 5.45. The van der Waals surface area contributed by atoms with Gasteiger partial charge in [-0.25, -0.2) is 8.42 Å². The lowest BCUT2D eigenvalue weighted by molar-refractivity contribution is 0.517. The summed E-state index contributed by atoms with van der Waals surface area (Å²) in [4.78, 5) is 0. The van der Waals surface area contributed by atoms with Crippen LogP contribution in [0.2, 0.25) is 0 Å². The molecule has 2 unspecified atom stereocenters. The number of nitrogens with one attached hydrogen (secondary N) is 1. The summed E-state index contributed by atoms with van der Waals surface area (Å²) < 4.78 is 25.3. The van der Waals surface area contributed by atoms with E-state index in [1.807, 2.05) is 32.9 Å². The molecule has 0 aliphatic heterocycles. The van der Waals surface area contributed by atoms with Gasteiger partial charge in [-0.15, -0.1) is 0 Å². The van der Waals surface area contributed by atoms with Gasteiger partial charge in [-0.05, 0) is 38.8 Å². The van der Waals surface area contributed by atoms with Gasteiger partial charge in [-0.1, -0.05) is 42.7 Å². The smallest absolute Gasteiger partial charge is 0.158 e. The Kier molecular flexibility index (Phi) is 4.86. The normalized spacial score (nSPS) is 23.1. The number of benzene rings is 1. The van der Waals surface area contributed by atoms with Crippen molar-refractivity contribution in [2.24, 2.45) is 0 Å². The molecule has 1 aromatic rings. The van der Waals surface area contributed by atoms with Crippen LogP contribution in [-0.4, -0.2) is 26.3 Å². The average molecular weight is 295 g/mol. The summed E-state index contributed by atoms with van der Waals surface area (Å²) in [6.45, 7) is 6.90. The Balaban J connectivity index is 2.18. The van der Waals surface area contributed by atoms with Gasteiger partial charge >= 0.3 is 0 Å². The first-order valence-corrected chi connectivity index (χ1v) is 9.16. The Labute approximate surface area is 122 Å². The van der Waals surface area contributed by atoms with E-state index in [0.717, 1.165) is 42.5 Å². The van der Waals surface area contributed by atoms with Crippen LogP contribution < -0.4 is 5.32 Å². The van der Waals surface area contributed by atoms with Crippen molar-refractivity contribution in [3.63, 3.8) is 0 Å². The van der Waals surface area contributed by atoms with Gasteiger partial charge in [0.1, 0.15) is 0 Å². The van der Waals surface area contributed by atoms with Crippen molar-refractivity contribution in [2.75, 3.05) is 6.54 Å². The molecular formula is C16H25NO2S. The zero-order chi connectivity index (χ0) is 14.8. The summed E-state index contributed by atoms with van der Waals surface area (Å²) in [6.07, 6.45) is 2.78. The maximum atomic E-state index is 12.7. The van der Waals surface area contributed by atoms with Crippen LogP contribution in [0.15, 0.2) is 18.2 Å². The van der Waals surface area contributed by atoms with E-state index in [-0.39, 0.29) is 17.0 Å². The molecule has 0 heterocycles. The van der Waals surface area contributed by atoms with Gasteiger partial charge in [0.2, 0.25) is 0 Å². The van der Waals surface area contributed by atoms with Crippen LogP contribution in [0.4, 0.5) is 0 Å². The van der Waals surface area contributed by atoms with Gasteiger partial charge in [0.25, 0.3) is 0 Å². The maximum Gasteiger partial charge on any atom is 0.158 e. The molecule has 1 saturated carbocycles. The number of aryl methyl sites for hydroxylation is 2. The third-order valence-electron chi connectivity index (χ3n) is 4.03. The first kappa shape index (κ1) is 15.5. The second-order valence-corrected chi connectivity index (χ2v) is 8.16. The largest absolute Gasteiger partial charge is 0.313 e. The second-order valence-electron chi connectivity index (χ2n) is 5.94. The number of hydrogen-bond donors (Lipinski definition) is 1. The standard InChI is InChI=1S/C16H25NO2S/c1-4-17-15-6-5-7-16(15)20(18,19)11-14-9-12(2)8-13(3)10-14/h8-10,15-17H,4-7,11H2,1-3H3. The van der Waals surface area contributed by atoms with Crippen molar-refractivity contribution >= 4 is 9.84 Å². The molecule has 2 rings (SSSR count). The van der Waals surface area contributed by atoms with Crippen molar-refractivity contribution < 1.29 is 8.42 Å². The molecular weight excluding hydrogens is 270 g/mol. The highest BCUT2D eigenvalue weighted by Crippen LogP contribution is 2.28. The molecule has 0 saturated heterocycles. The van der Waals surface area contributed by atoms with Crippen LogP contribution >= 0.6 is 0 Å². The van der Waals surface area contributed by atoms with Gasteiger partial charge in [0, 0.05) is 6.04 Å². The predicted molar refractivity (Wildman–Crippen MR) is 83.6 cm³/mol. The highest BCUT2D eigenvalue weighted by Gasteiger charge is 2.36. The molecule has 0 amide bonds. The Morgan fingerprint density at radius 1 is 1.15 bits per heavy atom. The minimum atomic E-state index is -3.08. The molecule has 1 N–H and O–H groups in total. The Morgan fingerprint density at radius 3 is 2.40 bits per heavy atom. The third-order valence-corrected chi connectivity index (χ3v) is 6.25. The van der Waals surface area contributed by atoms with Crippen molar-refractivity contribution in [3.8, 4) is 0 Å². The van der Waals surface area contributed by atoms with E-state index in [2.05, 4.69) is 11.4 Å². The van der Waals surface area contributed by atoms with Gasteiger partial charge in [-0.3, -0.25) is 0 Å². The van der Waals surface area contributed by atoms with Crippen molar-refractivity contribution in [3.05, 3.63) is 34.9 Å². The minimum Gasteiger partial charge on any atom is -0.313 e. The molecule has 1 fully saturated rings. The molecule has 2 atom stereocenters. The highest BCUT2D eigenvalue weighted by atomic mass is 32.2. The van der Waals surface area contributed by atoms with Crippen LogP contribution in [0.25, 0.3) is 0 Å². The number of sulfone groups is 1. The molecule has 1 aliphatic rings. The van der Waals surface area contributed by atoms with Gasteiger partial charge in [-0.2, -0.15) is 0 Å². The molecule has 112 valence electrons. The monoisotopic (exact) mass is 295 g/mol. The van der Waals surface area contributed by atoms with Crippen LogP contribution in [-0.2, 0) is 15.6 Å². The SMILES string of the molecule is CCNC1CCCC1S(=O)(=O)Cc1cc(C)cc(C)c1. The molecule has 0 radical (unpaired) electrons. The van der Waals surface area contributed by atoms with Crippen molar-refractivity contribution in [1.82, 2.24) is 5.32 Å². The highest BCUT2D eigenvalue weighted by molar-refractivity contribution is 7.91. The lowest BCUT2D eigenvalue weighted by Gasteiger charge is -2.21. The molecule has 0 bridgehead atoms. The van der Waals surface area contributed by atoms with E-state index in [9.17, 15) is 8.42 Å². The second kappa shape index (κ2) is 6.27. The lowest BCUT2D eigenvalue weighted by Crippen LogP contribution is -2.40. The van der Waals surface area contributed by atoms with Gasteiger partial charge < -0.3 is 5.32 Å². The molecule has 4 heteroatoms. The van der Waals surface area contributed by atoms with E-state index in [1.165, 1.54) is 0 Å². The summed E-state index contributed by atoms with van der Waals surface area (Å²) in [5, 5.41) is 3.11. The van der Waals surface area contributed by atoms with E-state index < -0.39 is 9.84 Å². The van der Waals surface area contributed by atoms with Crippen LogP contribution in [0.5, 0.6) is 0 Å². The first-order valence-electron chi connectivity index (χ1n) is 7.44. The number of hydrogen-bond acceptors (Lipinski definition) is 3. The van der Waals surface area contributed by atoms with E-state index in [1.54, 1.807) is 0 Å². The van der Waals surface area contributed by atoms with Crippen LogP contribution in [0.3, 0.4) is 0 Å². The quantitative estimate of drug-likeness (QED) is 0.908. The molecule has 3 nitrogen and oxygen atoms in total. The molecule has 0 spiro atoms. The van der Waals surface area contributed by atoms with Crippen LogP contribution in [0.1, 0.15) is 42.9 Å². The predicted octanol–water partition coefficient (Wildman–Crippen LogP) is 2.75. The lowest BCUT2D eigenvalue weighted by atomic mass is 10.1. The summed E-state index contributed by atoms with van der Waals surface area (Å²) in [5.41, 5.74) is 3.18. The molecule has 1 aromatic carbocycles. The minimum absolute atomic E-state index is 0.135. The van der Waals surface area contributed by atoms with Gasteiger partial charge in [0.05, 0.1) is 11.0 Å². The average Bonchev–Trinajstić information content (AvgIpc) is 2.76. The Morgan fingerprint density at radius 2 is 1.80 bits per heavy atom. The summed E-state index contributed by atoms with van der Waals surface area (Å²) in [7, 11) is -3.08. The van der Waals surface area contributed by atoms with Gasteiger partial charge in [0.15, 0.2) is 9.84 Å². The summed E-state index contributed by atoms with van der Waals surface area (Å²) in [6, 6.07) is 6.19. The van der Waals surface area contributed by atoms with Crippen molar-refractivity contribution in [1.29, 1.82) is 0 Å². The zero-order valence-corrected chi connectivity index (χ0v) is 13.5. The van der Waals surface area contributed by atoms with Crippen LogP contribution in [0, 0.1) is 13.8 Å². The third kappa shape index (κ3) is 3.61. The van der Waals surface area contributed by atoms with E-state index in [4.69, 9.17) is 0 Å². The Bertz CT molecular complexity index is 546. The zero-order valence-electron chi connectivity index (χ0n) is 12.6. The van der Waals surface area contributed by atoms with E-state index in [0.29, 0.717) is 0 Å². The fraction of sp³-hybridized carbons (Fsp3) is 0.625. The maximum absolute atomic E-state index is 12.7. The molecule has 20 heavy (non-hydrogen) atoms. The first-order chi connectivity index (χ1) is 9.42. The van der Waals surface area contributed by atoms with Crippen molar-refractivity contribution in [2.45, 2.75) is 57.1 Å². The molecule has 0 aromatic heterocycles.